The van der Waals surface area contributed by atoms with E-state index in [4.69, 9.17) is 32.7 Å². The number of benzene rings is 1. The first-order valence-electron chi connectivity index (χ1n) is 4.69. The van der Waals surface area contributed by atoms with Gasteiger partial charge < -0.3 is 9.47 Å². The maximum Gasteiger partial charge on any atom is 0.178 e. The largest absolute Gasteiger partial charge is 0.469 e. The van der Waals surface area contributed by atoms with Crippen LogP contribution >= 0.6 is 39.1 Å². The second kappa shape index (κ2) is 5.10. The summed E-state index contributed by atoms with van der Waals surface area (Å²) in [6.07, 6.45) is -0.156. The highest BCUT2D eigenvalue weighted by Gasteiger charge is 2.33. The molecule has 0 saturated carbocycles. The van der Waals surface area contributed by atoms with Crippen LogP contribution in [0.2, 0.25) is 10.0 Å². The van der Waals surface area contributed by atoms with Crippen molar-refractivity contribution < 1.29 is 9.47 Å². The fourth-order valence-corrected chi connectivity index (χ4v) is 2.70. The average Bonchev–Trinajstić information content (AvgIpc) is 2.15. The molecule has 88 valence electrons. The number of ether oxygens (including phenoxy) is 2. The van der Waals surface area contributed by atoms with E-state index in [0.717, 1.165) is 11.0 Å². The molecular formula is C10H10BrCl2NO2. The smallest absolute Gasteiger partial charge is 0.178 e. The standard InChI is InChI=1S/C10H10BrCl2NO2/c1-15-8-4-14-10(8)16-9-6(12)2-5(11)3-7(9)13/h2-3,8,10,14H,4H2,1H3/t8-,10?/m1/s1. The van der Waals surface area contributed by atoms with Crippen LogP contribution in [0.25, 0.3) is 0 Å². The lowest BCUT2D eigenvalue weighted by Gasteiger charge is -2.36. The van der Waals surface area contributed by atoms with Crippen LogP contribution in [0.4, 0.5) is 0 Å². The van der Waals surface area contributed by atoms with Crippen molar-refractivity contribution in [2.24, 2.45) is 0 Å². The third-order valence-corrected chi connectivity index (χ3v) is 3.39. The fraction of sp³-hybridized carbons (Fsp3) is 0.400. The molecule has 2 rings (SSSR count). The van der Waals surface area contributed by atoms with Gasteiger partial charge in [0, 0.05) is 18.1 Å². The van der Waals surface area contributed by atoms with Crippen LogP contribution in [0.5, 0.6) is 5.75 Å². The van der Waals surface area contributed by atoms with E-state index >= 15 is 0 Å². The molecule has 6 heteroatoms. The molecule has 1 fully saturated rings. The summed E-state index contributed by atoms with van der Waals surface area (Å²) in [4.78, 5) is 0. The fourth-order valence-electron chi connectivity index (χ4n) is 1.40. The molecule has 2 atom stereocenters. The minimum Gasteiger partial charge on any atom is -0.469 e. The van der Waals surface area contributed by atoms with Crippen molar-refractivity contribution in [3.63, 3.8) is 0 Å². The summed E-state index contributed by atoms with van der Waals surface area (Å²) >= 11 is 15.4. The van der Waals surface area contributed by atoms with Gasteiger partial charge in [0.05, 0.1) is 10.0 Å². The Morgan fingerprint density at radius 1 is 1.38 bits per heavy atom. The summed E-state index contributed by atoms with van der Waals surface area (Å²) in [5.41, 5.74) is 0. The van der Waals surface area contributed by atoms with Gasteiger partial charge in [0.15, 0.2) is 12.0 Å². The molecule has 0 bridgehead atoms. The Labute approximate surface area is 112 Å². The topological polar surface area (TPSA) is 30.5 Å². The van der Waals surface area contributed by atoms with Crippen molar-refractivity contribution in [1.29, 1.82) is 0 Å². The Balaban J connectivity index is 2.15. The van der Waals surface area contributed by atoms with E-state index in [1.165, 1.54) is 0 Å². The molecule has 0 aliphatic carbocycles. The van der Waals surface area contributed by atoms with Crippen LogP contribution in [0.1, 0.15) is 0 Å². The number of nitrogens with one attached hydrogen (secondary N) is 1. The normalized spacial score (nSPS) is 24.0. The van der Waals surface area contributed by atoms with Crippen LogP contribution in [-0.2, 0) is 4.74 Å². The lowest BCUT2D eigenvalue weighted by molar-refractivity contribution is -0.0704. The monoisotopic (exact) mass is 325 g/mol. The first-order valence-corrected chi connectivity index (χ1v) is 6.24. The van der Waals surface area contributed by atoms with Crippen LogP contribution in [0.15, 0.2) is 16.6 Å². The molecule has 1 heterocycles. The summed E-state index contributed by atoms with van der Waals surface area (Å²) in [7, 11) is 1.65. The third-order valence-electron chi connectivity index (χ3n) is 2.37. The van der Waals surface area contributed by atoms with Gasteiger partial charge in [-0.3, -0.25) is 5.32 Å². The van der Waals surface area contributed by atoms with Gasteiger partial charge in [-0.2, -0.15) is 0 Å². The maximum absolute atomic E-state index is 6.04. The van der Waals surface area contributed by atoms with Gasteiger partial charge in [-0.25, -0.2) is 0 Å². The van der Waals surface area contributed by atoms with Crippen molar-refractivity contribution in [2.45, 2.75) is 12.3 Å². The Bertz CT molecular complexity index is 377. The first-order chi connectivity index (χ1) is 7.61. The van der Waals surface area contributed by atoms with Crippen LogP contribution < -0.4 is 10.1 Å². The molecular weight excluding hydrogens is 317 g/mol. The Morgan fingerprint density at radius 2 is 2.00 bits per heavy atom. The zero-order valence-electron chi connectivity index (χ0n) is 8.47. The lowest BCUT2D eigenvalue weighted by atomic mass is 10.2. The molecule has 16 heavy (non-hydrogen) atoms. The van der Waals surface area contributed by atoms with Crippen LogP contribution in [0.3, 0.4) is 0 Å². The zero-order valence-corrected chi connectivity index (χ0v) is 11.6. The molecule has 3 nitrogen and oxygen atoms in total. The van der Waals surface area contributed by atoms with Gasteiger partial charge in [0.1, 0.15) is 6.10 Å². The molecule has 1 unspecified atom stereocenters. The number of hydrogen-bond donors (Lipinski definition) is 1. The van der Waals surface area contributed by atoms with E-state index in [1.54, 1.807) is 19.2 Å². The van der Waals surface area contributed by atoms with Gasteiger partial charge >= 0.3 is 0 Å². The molecule has 1 aromatic rings. The molecule has 0 radical (unpaired) electrons. The number of methoxy groups -OCH3 is 1. The number of hydrogen-bond acceptors (Lipinski definition) is 3. The third kappa shape index (κ3) is 2.46. The van der Waals surface area contributed by atoms with E-state index < -0.39 is 0 Å². The molecule has 1 aromatic carbocycles. The van der Waals surface area contributed by atoms with Crippen LogP contribution in [-0.4, -0.2) is 26.0 Å². The van der Waals surface area contributed by atoms with E-state index in [-0.39, 0.29) is 12.3 Å². The van der Waals surface area contributed by atoms with Gasteiger partial charge in [-0.05, 0) is 12.1 Å². The Morgan fingerprint density at radius 3 is 2.44 bits per heavy atom. The van der Waals surface area contributed by atoms with Gasteiger partial charge in [-0.15, -0.1) is 0 Å². The highest BCUT2D eigenvalue weighted by atomic mass is 79.9. The Hall–Kier alpha value is -0.0000000000000000555. The minimum absolute atomic E-state index is 0.0378. The van der Waals surface area contributed by atoms with Crippen molar-refractivity contribution in [3.8, 4) is 5.75 Å². The Kier molecular flexibility index (Phi) is 3.97. The number of rotatable bonds is 3. The predicted octanol–water partition coefficient (Wildman–Crippen LogP) is 3.08. The SMILES string of the molecule is CO[C@@H]1CNC1Oc1c(Cl)cc(Br)cc1Cl. The van der Waals surface area contributed by atoms with E-state index in [1.807, 2.05) is 0 Å². The van der Waals surface area contributed by atoms with Gasteiger partial charge in [0.2, 0.25) is 0 Å². The molecule has 1 aliphatic heterocycles. The van der Waals surface area contributed by atoms with Crippen LogP contribution in [0, 0.1) is 0 Å². The summed E-state index contributed by atoms with van der Waals surface area (Å²) in [5.74, 6) is 0.478. The second-order valence-corrected chi connectivity index (χ2v) is 5.15. The number of halogens is 3. The molecule has 0 spiro atoms. The highest BCUT2D eigenvalue weighted by Crippen LogP contribution is 2.37. The highest BCUT2D eigenvalue weighted by molar-refractivity contribution is 9.10. The summed E-state index contributed by atoms with van der Waals surface area (Å²) < 4.78 is 11.7. The minimum atomic E-state index is -0.193. The summed E-state index contributed by atoms with van der Waals surface area (Å²) in [6, 6.07) is 3.48. The molecule has 1 saturated heterocycles. The van der Waals surface area contributed by atoms with Gasteiger partial charge in [0.25, 0.3) is 0 Å². The van der Waals surface area contributed by atoms with E-state index in [9.17, 15) is 0 Å². The van der Waals surface area contributed by atoms with E-state index in [0.29, 0.717) is 15.8 Å². The second-order valence-electron chi connectivity index (χ2n) is 3.42. The zero-order chi connectivity index (χ0) is 11.7. The van der Waals surface area contributed by atoms with E-state index in [2.05, 4.69) is 21.2 Å². The molecule has 1 aliphatic rings. The molecule has 1 N–H and O–H groups in total. The summed E-state index contributed by atoms with van der Waals surface area (Å²) in [6.45, 7) is 0.771. The van der Waals surface area contributed by atoms with Crippen molar-refractivity contribution in [1.82, 2.24) is 5.32 Å². The van der Waals surface area contributed by atoms with Crippen molar-refractivity contribution >= 4 is 39.1 Å². The predicted molar refractivity (Wildman–Crippen MR) is 67.4 cm³/mol. The molecule has 0 aromatic heterocycles. The average molecular weight is 327 g/mol. The quantitative estimate of drug-likeness (QED) is 0.926. The lowest BCUT2D eigenvalue weighted by Crippen LogP contribution is -2.61. The van der Waals surface area contributed by atoms with Gasteiger partial charge in [-0.1, -0.05) is 39.1 Å². The first kappa shape index (κ1) is 12.5. The van der Waals surface area contributed by atoms with Crippen molar-refractivity contribution in [3.05, 3.63) is 26.7 Å². The molecule has 0 amide bonds. The maximum atomic E-state index is 6.04. The summed E-state index contributed by atoms with van der Waals surface area (Å²) in [5, 5.41) is 4.04. The van der Waals surface area contributed by atoms with Crippen molar-refractivity contribution in [2.75, 3.05) is 13.7 Å².